The van der Waals surface area contributed by atoms with Gasteiger partial charge in [0.25, 0.3) is 5.91 Å². The first kappa shape index (κ1) is 23.6. The number of aliphatic imine (C=N–C) groups is 1. The summed E-state index contributed by atoms with van der Waals surface area (Å²) < 4.78 is 5.17. The van der Waals surface area contributed by atoms with Gasteiger partial charge in [-0.15, -0.1) is 0 Å². The van der Waals surface area contributed by atoms with E-state index in [1.54, 1.807) is 18.2 Å². The first-order chi connectivity index (χ1) is 16.3. The molecule has 0 unspecified atom stereocenters. The second kappa shape index (κ2) is 10.1. The Bertz CT molecular complexity index is 1240. The van der Waals surface area contributed by atoms with Crippen molar-refractivity contribution >= 4 is 45.9 Å². The predicted octanol–water partition coefficient (Wildman–Crippen LogP) is 3.85. The summed E-state index contributed by atoms with van der Waals surface area (Å²) in [5.74, 6) is 0.761. The van der Waals surface area contributed by atoms with Gasteiger partial charge in [-0.3, -0.25) is 4.79 Å². The van der Waals surface area contributed by atoms with Gasteiger partial charge in [0.2, 0.25) is 5.82 Å². The van der Waals surface area contributed by atoms with Crippen LogP contribution in [0.2, 0.25) is 5.02 Å². The van der Waals surface area contributed by atoms with Crippen LogP contribution < -0.4 is 26.8 Å². The van der Waals surface area contributed by atoms with Gasteiger partial charge in [0, 0.05) is 11.1 Å². The molecule has 178 valence electrons. The van der Waals surface area contributed by atoms with Crippen LogP contribution in [-0.4, -0.2) is 41.0 Å². The van der Waals surface area contributed by atoms with Crippen molar-refractivity contribution in [1.29, 1.82) is 0 Å². The molecule has 1 aromatic heterocycles. The molecule has 2 atom stereocenters. The Balaban J connectivity index is 1.67. The molecule has 1 aliphatic carbocycles. The van der Waals surface area contributed by atoms with Gasteiger partial charge in [-0.1, -0.05) is 36.1 Å². The number of ether oxygens (including phenoxy) is 1. The number of aryl methyl sites for hydroxylation is 1. The summed E-state index contributed by atoms with van der Waals surface area (Å²) in [5, 5.41) is 7.53. The van der Waals surface area contributed by atoms with Crippen molar-refractivity contribution in [1.82, 2.24) is 9.97 Å². The number of nitrogens with zero attached hydrogens (tertiary/aromatic N) is 3. The molecule has 34 heavy (non-hydrogen) atoms. The molecule has 10 heteroatoms. The highest BCUT2D eigenvalue weighted by Crippen LogP contribution is 2.29. The summed E-state index contributed by atoms with van der Waals surface area (Å²) in [4.78, 5) is 26.6. The Kier molecular flexibility index (Phi) is 7.02. The minimum atomic E-state index is -0.448. The molecule has 1 heterocycles. The number of guanidine groups is 1. The molecule has 0 saturated heterocycles. The molecular weight excluding hydrogens is 454 g/mol. The van der Waals surface area contributed by atoms with Crippen LogP contribution in [0, 0.1) is 6.92 Å². The molecule has 1 fully saturated rings. The van der Waals surface area contributed by atoms with Crippen molar-refractivity contribution in [2.45, 2.75) is 44.7 Å². The van der Waals surface area contributed by atoms with E-state index in [0.29, 0.717) is 27.8 Å². The second-order valence-corrected chi connectivity index (χ2v) is 8.78. The molecule has 4 rings (SSSR count). The van der Waals surface area contributed by atoms with Crippen LogP contribution in [0.15, 0.2) is 41.4 Å². The van der Waals surface area contributed by atoms with Crippen LogP contribution in [0.3, 0.4) is 0 Å². The number of hydrogen-bond acceptors (Lipinski definition) is 6. The van der Waals surface area contributed by atoms with Gasteiger partial charge in [-0.2, -0.15) is 0 Å². The number of hydrogen-bond donors (Lipinski definition) is 4. The fourth-order valence-electron chi connectivity index (χ4n) is 4.19. The number of rotatable bonds is 6. The normalized spacial score (nSPS) is 17.7. The fraction of sp³-hybridized carbons (Fsp3) is 0.333. The van der Waals surface area contributed by atoms with Crippen molar-refractivity contribution in [3.8, 4) is 5.75 Å². The Morgan fingerprint density at radius 2 is 1.94 bits per heavy atom. The first-order valence-electron chi connectivity index (χ1n) is 11.1. The summed E-state index contributed by atoms with van der Waals surface area (Å²) >= 11 is 6.19. The number of anilines is 2. The van der Waals surface area contributed by atoms with Crippen LogP contribution in [0.1, 0.15) is 41.9 Å². The van der Waals surface area contributed by atoms with Crippen molar-refractivity contribution in [2.24, 2.45) is 16.5 Å². The maximum Gasteiger partial charge on any atom is 0.293 e. The fourth-order valence-corrected chi connectivity index (χ4v) is 4.44. The van der Waals surface area contributed by atoms with Gasteiger partial charge >= 0.3 is 0 Å². The Hall–Kier alpha value is -3.59. The van der Waals surface area contributed by atoms with Crippen LogP contribution in [0.5, 0.6) is 5.75 Å². The van der Waals surface area contributed by atoms with Gasteiger partial charge in [-0.05, 0) is 50.1 Å². The highest BCUT2D eigenvalue weighted by molar-refractivity contribution is 6.32. The van der Waals surface area contributed by atoms with E-state index in [1.165, 1.54) is 7.11 Å². The molecule has 1 amide bonds. The molecule has 3 aromatic rings. The standard InChI is InChI=1S/C24H28ClN7O2/c1-13-7-9-17-15(11-13)21(30-18-5-3-4-6-19(18)31-24(26)27)32-22(29-17)23(33)28-14-8-10-20(34-2)16(25)12-14/h7-12,18-19H,3-6H2,1-2H3,(H,28,33)(H4,26,27,31)(H,29,30,32)/t18-,19+/m0/s1. The molecular formula is C24H28ClN7O2. The highest BCUT2D eigenvalue weighted by atomic mass is 35.5. The van der Waals surface area contributed by atoms with Gasteiger partial charge in [0.1, 0.15) is 11.6 Å². The van der Waals surface area contributed by atoms with E-state index in [4.69, 9.17) is 27.8 Å². The zero-order chi connectivity index (χ0) is 24.2. The number of nitrogens with two attached hydrogens (primary N) is 2. The van der Waals surface area contributed by atoms with Crippen molar-refractivity contribution in [3.63, 3.8) is 0 Å². The molecule has 2 aromatic carbocycles. The SMILES string of the molecule is COc1ccc(NC(=O)c2nc(N[C@H]3CCCC[C@H]3N=C(N)N)c3cc(C)ccc3n2)cc1Cl. The lowest BCUT2D eigenvalue weighted by Crippen LogP contribution is -2.38. The van der Waals surface area contributed by atoms with E-state index in [9.17, 15) is 4.79 Å². The Labute approximate surface area is 203 Å². The molecule has 0 radical (unpaired) electrons. The highest BCUT2D eigenvalue weighted by Gasteiger charge is 2.26. The third-order valence-electron chi connectivity index (χ3n) is 5.83. The Morgan fingerprint density at radius 1 is 1.15 bits per heavy atom. The number of amides is 1. The number of carbonyl (C=O) groups excluding carboxylic acids is 1. The summed E-state index contributed by atoms with van der Waals surface area (Å²) in [6.45, 7) is 2.00. The monoisotopic (exact) mass is 481 g/mol. The van der Waals surface area contributed by atoms with Gasteiger partial charge in [0.05, 0.1) is 29.7 Å². The van der Waals surface area contributed by atoms with E-state index in [-0.39, 0.29) is 23.9 Å². The average molecular weight is 482 g/mol. The van der Waals surface area contributed by atoms with E-state index in [1.807, 2.05) is 25.1 Å². The minimum Gasteiger partial charge on any atom is -0.495 e. The lowest BCUT2D eigenvalue weighted by Gasteiger charge is -2.30. The zero-order valence-corrected chi connectivity index (χ0v) is 19.9. The number of halogens is 1. The van der Waals surface area contributed by atoms with Gasteiger partial charge < -0.3 is 26.8 Å². The molecule has 9 nitrogen and oxygen atoms in total. The first-order valence-corrected chi connectivity index (χ1v) is 11.5. The van der Waals surface area contributed by atoms with E-state index < -0.39 is 5.91 Å². The topological polar surface area (TPSA) is 141 Å². The molecule has 1 saturated carbocycles. The molecule has 0 spiro atoms. The summed E-state index contributed by atoms with van der Waals surface area (Å²) in [5.41, 5.74) is 13.6. The van der Waals surface area contributed by atoms with Crippen LogP contribution >= 0.6 is 11.6 Å². The van der Waals surface area contributed by atoms with Crippen molar-refractivity contribution < 1.29 is 9.53 Å². The number of aromatic nitrogens is 2. The lowest BCUT2D eigenvalue weighted by molar-refractivity contribution is 0.101. The summed E-state index contributed by atoms with van der Waals surface area (Å²) in [6, 6.07) is 10.8. The van der Waals surface area contributed by atoms with E-state index in [2.05, 4.69) is 25.6 Å². The molecule has 0 aliphatic heterocycles. The van der Waals surface area contributed by atoms with E-state index in [0.717, 1.165) is 36.6 Å². The lowest BCUT2D eigenvalue weighted by atomic mass is 9.90. The number of benzene rings is 2. The van der Waals surface area contributed by atoms with Crippen LogP contribution in [0.4, 0.5) is 11.5 Å². The van der Waals surface area contributed by atoms with E-state index >= 15 is 0 Å². The third-order valence-corrected chi connectivity index (χ3v) is 6.13. The average Bonchev–Trinajstić information content (AvgIpc) is 2.80. The number of fused-ring (bicyclic) bond motifs is 1. The predicted molar refractivity (Wildman–Crippen MR) is 136 cm³/mol. The molecule has 1 aliphatic rings. The van der Waals surface area contributed by atoms with Crippen molar-refractivity contribution in [3.05, 3.63) is 52.8 Å². The van der Waals surface area contributed by atoms with Crippen molar-refractivity contribution in [2.75, 3.05) is 17.7 Å². The van der Waals surface area contributed by atoms with Crippen LogP contribution in [0.25, 0.3) is 10.9 Å². The number of methoxy groups -OCH3 is 1. The van der Waals surface area contributed by atoms with Gasteiger partial charge in [0.15, 0.2) is 5.96 Å². The third kappa shape index (κ3) is 5.31. The maximum atomic E-state index is 13.1. The second-order valence-electron chi connectivity index (χ2n) is 8.38. The van der Waals surface area contributed by atoms with Crippen LogP contribution in [-0.2, 0) is 0 Å². The summed E-state index contributed by atoms with van der Waals surface area (Å²) in [7, 11) is 1.53. The molecule has 6 N–H and O–H groups in total. The quantitative estimate of drug-likeness (QED) is 0.309. The minimum absolute atomic E-state index is 0.00855. The Morgan fingerprint density at radius 3 is 2.68 bits per heavy atom. The maximum absolute atomic E-state index is 13.1. The smallest absolute Gasteiger partial charge is 0.293 e. The number of carbonyl (C=O) groups is 1. The largest absolute Gasteiger partial charge is 0.495 e. The van der Waals surface area contributed by atoms with Gasteiger partial charge in [-0.25, -0.2) is 15.0 Å². The molecule has 0 bridgehead atoms. The zero-order valence-electron chi connectivity index (χ0n) is 19.1. The summed E-state index contributed by atoms with van der Waals surface area (Å²) in [6.07, 6.45) is 3.89. The number of nitrogens with one attached hydrogen (secondary N) is 2.